The van der Waals surface area contributed by atoms with E-state index < -0.39 is 12.8 Å². The van der Waals surface area contributed by atoms with Crippen LogP contribution in [0, 0.1) is 0 Å². The average molecular weight is 494 g/mol. The zero-order valence-corrected chi connectivity index (χ0v) is 17.4. The summed E-state index contributed by atoms with van der Waals surface area (Å²) in [5.41, 5.74) is 1.83. The van der Waals surface area contributed by atoms with Crippen molar-refractivity contribution in [2.45, 2.75) is 19.3 Å². The van der Waals surface area contributed by atoms with Crippen molar-refractivity contribution in [3.63, 3.8) is 0 Å². The summed E-state index contributed by atoms with van der Waals surface area (Å²) < 4.78 is 41.3. The molecule has 9 heteroatoms. The fraction of sp³-hybridized carbons (Fsp3) is 0.333. The number of hydrogen-bond donors (Lipinski definition) is 1. The number of hydrogen-bond acceptors (Lipinski definition) is 3. The van der Waals surface area contributed by atoms with Gasteiger partial charge in [0.05, 0.1) is 6.54 Å². The lowest BCUT2D eigenvalue weighted by molar-refractivity contribution is -0.154. The number of rotatable bonds is 6. The number of halogens is 4. The van der Waals surface area contributed by atoms with E-state index in [2.05, 4.69) is 20.0 Å². The highest BCUT2D eigenvalue weighted by atomic mass is 127. The molecule has 0 aliphatic heterocycles. The fourth-order valence-electron chi connectivity index (χ4n) is 2.08. The van der Waals surface area contributed by atoms with Crippen molar-refractivity contribution >= 4 is 29.9 Å². The van der Waals surface area contributed by atoms with Gasteiger partial charge in [0.25, 0.3) is 0 Å². The summed E-state index contributed by atoms with van der Waals surface area (Å²) in [5.74, 6) is 0.599. The smallest absolute Gasteiger partial charge is 0.422 e. The molecule has 1 N–H and O–H groups in total. The Bertz CT molecular complexity index is 724. The highest BCUT2D eigenvalue weighted by Gasteiger charge is 2.28. The molecule has 0 saturated heterocycles. The maximum absolute atomic E-state index is 12.2. The van der Waals surface area contributed by atoms with Crippen molar-refractivity contribution in [1.29, 1.82) is 0 Å². The molecule has 5 nitrogen and oxygen atoms in total. The van der Waals surface area contributed by atoms with Crippen LogP contribution < -0.4 is 10.1 Å². The molecule has 2 rings (SSSR count). The second-order valence-corrected chi connectivity index (χ2v) is 5.78. The minimum absolute atomic E-state index is 0. The first kappa shape index (κ1) is 23.0. The van der Waals surface area contributed by atoms with Gasteiger partial charge in [-0.1, -0.05) is 30.3 Å². The van der Waals surface area contributed by atoms with Gasteiger partial charge < -0.3 is 15.0 Å². The Morgan fingerprint density at radius 2 is 1.85 bits per heavy atom. The summed E-state index contributed by atoms with van der Waals surface area (Å²) in [4.78, 5) is 10.1. The molecule has 0 aliphatic rings. The summed E-state index contributed by atoms with van der Waals surface area (Å²) in [6.07, 6.45) is -2.99. The minimum atomic E-state index is -4.39. The van der Waals surface area contributed by atoms with Crippen LogP contribution in [0.25, 0.3) is 0 Å². The number of aromatic nitrogens is 1. The quantitative estimate of drug-likeness (QED) is 0.377. The average Bonchev–Trinajstić information content (AvgIpc) is 2.60. The Kier molecular flexibility index (Phi) is 9.33. The second-order valence-electron chi connectivity index (χ2n) is 5.78. The normalized spacial score (nSPS) is 11.5. The van der Waals surface area contributed by atoms with Gasteiger partial charge in [-0.05, 0) is 17.2 Å². The van der Waals surface area contributed by atoms with Gasteiger partial charge in [-0.15, -0.1) is 24.0 Å². The summed E-state index contributed by atoms with van der Waals surface area (Å²) in [6.45, 7) is -0.456. The van der Waals surface area contributed by atoms with Gasteiger partial charge in [-0.3, -0.25) is 0 Å². The summed E-state index contributed by atoms with van der Waals surface area (Å²) in [7, 11) is 3.72. The molecule has 0 aliphatic carbocycles. The molecule has 0 fully saturated rings. The summed E-state index contributed by atoms with van der Waals surface area (Å²) in [5, 5.41) is 3.25. The molecule has 1 aromatic heterocycles. The molecule has 0 amide bonds. The van der Waals surface area contributed by atoms with Gasteiger partial charge in [0, 0.05) is 32.9 Å². The van der Waals surface area contributed by atoms with E-state index >= 15 is 0 Å². The fourth-order valence-corrected chi connectivity index (χ4v) is 2.08. The maximum Gasteiger partial charge on any atom is 0.422 e. The lowest BCUT2D eigenvalue weighted by Crippen LogP contribution is -2.36. The molecule has 0 atom stereocenters. The van der Waals surface area contributed by atoms with E-state index in [0.717, 1.165) is 5.56 Å². The first-order valence-corrected chi connectivity index (χ1v) is 7.97. The van der Waals surface area contributed by atoms with Crippen LogP contribution in [0.3, 0.4) is 0 Å². The molecule has 0 radical (unpaired) electrons. The monoisotopic (exact) mass is 494 g/mol. The van der Waals surface area contributed by atoms with Gasteiger partial charge in [-0.2, -0.15) is 13.2 Å². The molecule has 27 heavy (non-hydrogen) atoms. The zero-order valence-electron chi connectivity index (χ0n) is 15.0. The highest BCUT2D eigenvalue weighted by Crippen LogP contribution is 2.17. The summed E-state index contributed by atoms with van der Waals surface area (Å²) >= 11 is 0. The van der Waals surface area contributed by atoms with Gasteiger partial charge in [0.1, 0.15) is 0 Å². The molecular formula is C18H22F3IN4O. The predicted octanol–water partition coefficient (Wildman–Crippen LogP) is 3.85. The Labute approximate surface area is 173 Å². The van der Waals surface area contributed by atoms with E-state index in [-0.39, 0.29) is 29.9 Å². The number of pyridine rings is 1. The molecular weight excluding hydrogens is 472 g/mol. The van der Waals surface area contributed by atoms with Gasteiger partial charge in [-0.25, -0.2) is 9.98 Å². The van der Waals surface area contributed by atoms with Crippen LogP contribution >= 0.6 is 24.0 Å². The highest BCUT2D eigenvalue weighted by molar-refractivity contribution is 14.0. The summed E-state index contributed by atoms with van der Waals surface area (Å²) in [6, 6.07) is 13.0. The SMILES string of the molecule is CN(C)C(=NCc1ccnc(OCC(F)(F)F)c1)NCc1ccccc1.I. The maximum atomic E-state index is 12.2. The van der Waals surface area contributed by atoms with Crippen molar-refractivity contribution in [2.24, 2.45) is 4.99 Å². The van der Waals surface area contributed by atoms with E-state index in [4.69, 9.17) is 0 Å². The van der Waals surface area contributed by atoms with Crippen LogP contribution in [0.4, 0.5) is 13.2 Å². The van der Waals surface area contributed by atoms with Crippen molar-refractivity contribution in [2.75, 3.05) is 20.7 Å². The van der Waals surface area contributed by atoms with Crippen molar-refractivity contribution in [1.82, 2.24) is 15.2 Å². The van der Waals surface area contributed by atoms with Crippen LogP contribution in [0.2, 0.25) is 0 Å². The third-order valence-electron chi connectivity index (χ3n) is 3.31. The molecule has 0 saturated carbocycles. The Morgan fingerprint density at radius 3 is 2.48 bits per heavy atom. The number of guanidine groups is 1. The van der Waals surface area contributed by atoms with Crippen molar-refractivity contribution in [3.8, 4) is 5.88 Å². The lowest BCUT2D eigenvalue weighted by Gasteiger charge is -2.18. The van der Waals surface area contributed by atoms with Gasteiger partial charge in [0.15, 0.2) is 12.6 Å². The van der Waals surface area contributed by atoms with Crippen molar-refractivity contribution < 1.29 is 17.9 Å². The molecule has 1 heterocycles. The minimum Gasteiger partial charge on any atom is -0.468 e. The number of nitrogens with zero attached hydrogens (tertiary/aromatic N) is 3. The second kappa shape index (κ2) is 11.0. The van der Waals surface area contributed by atoms with E-state index in [0.29, 0.717) is 24.6 Å². The van der Waals surface area contributed by atoms with E-state index in [9.17, 15) is 13.2 Å². The number of alkyl halides is 3. The largest absolute Gasteiger partial charge is 0.468 e. The van der Waals surface area contributed by atoms with Gasteiger partial charge in [0.2, 0.25) is 5.88 Å². The van der Waals surface area contributed by atoms with Crippen LogP contribution in [0.15, 0.2) is 53.7 Å². The standard InChI is InChI=1S/C18H21F3N4O.HI/c1-25(2)17(23-11-14-6-4-3-5-7-14)24-12-15-8-9-22-16(10-15)26-13-18(19,20)21;/h3-10H,11-13H2,1-2H3,(H,23,24);1H. The van der Waals surface area contributed by atoms with E-state index in [1.165, 1.54) is 12.3 Å². The topological polar surface area (TPSA) is 49.8 Å². The van der Waals surface area contributed by atoms with Crippen LogP contribution in [-0.4, -0.2) is 42.7 Å². The van der Waals surface area contributed by atoms with Gasteiger partial charge >= 0.3 is 6.18 Å². The van der Waals surface area contributed by atoms with E-state index in [1.807, 2.05) is 49.3 Å². The van der Waals surface area contributed by atoms with Crippen molar-refractivity contribution in [3.05, 3.63) is 59.8 Å². The van der Waals surface area contributed by atoms with Crippen LogP contribution in [0.1, 0.15) is 11.1 Å². The lowest BCUT2D eigenvalue weighted by atomic mass is 10.2. The number of ether oxygens (including phenoxy) is 1. The predicted molar refractivity (Wildman–Crippen MR) is 109 cm³/mol. The molecule has 0 spiro atoms. The third kappa shape index (κ3) is 8.94. The van der Waals surface area contributed by atoms with Crippen LogP contribution in [-0.2, 0) is 13.1 Å². The number of aliphatic imine (C=N–C) groups is 1. The number of nitrogens with one attached hydrogen (secondary N) is 1. The molecule has 0 unspecified atom stereocenters. The Balaban J connectivity index is 0.00000364. The van der Waals surface area contributed by atoms with Crippen LogP contribution in [0.5, 0.6) is 5.88 Å². The Hall–Kier alpha value is -2.04. The Morgan fingerprint density at radius 1 is 1.15 bits per heavy atom. The number of benzene rings is 1. The zero-order chi connectivity index (χ0) is 19.0. The molecule has 1 aromatic carbocycles. The third-order valence-corrected chi connectivity index (χ3v) is 3.31. The first-order chi connectivity index (χ1) is 12.3. The molecule has 2 aromatic rings. The molecule has 148 valence electrons. The van der Waals surface area contributed by atoms with E-state index in [1.54, 1.807) is 6.07 Å². The first-order valence-electron chi connectivity index (χ1n) is 7.97. The molecule has 0 bridgehead atoms.